The lowest BCUT2D eigenvalue weighted by Crippen LogP contribution is -2.39. The highest BCUT2D eigenvalue weighted by Crippen LogP contribution is 2.30. The van der Waals surface area contributed by atoms with Gasteiger partial charge in [-0.3, -0.25) is 9.36 Å². The number of esters is 1. The summed E-state index contributed by atoms with van der Waals surface area (Å²) in [6, 6.07) is 13.0. The fraction of sp³-hybridized carbons (Fsp3) is 0.192. The highest BCUT2D eigenvalue weighted by atomic mass is 32.1. The SMILES string of the molecule is CCOC(=O)C1=C(C)N=c2s/c(=C/c3cn(C)c4ccccc34)c(=O)n2C1c1ccc(F)cc1. The van der Waals surface area contributed by atoms with Crippen molar-refractivity contribution in [2.24, 2.45) is 12.0 Å². The van der Waals surface area contributed by atoms with Crippen molar-refractivity contribution in [2.45, 2.75) is 19.9 Å². The van der Waals surface area contributed by atoms with Gasteiger partial charge in [0.1, 0.15) is 5.82 Å². The monoisotopic (exact) mass is 475 g/mol. The first kappa shape index (κ1) is 22.0. The predicted molar refractivity (Wildman–Crippen MR) is 130 cm³/mol. The summed E-state index contributed by atoms with van der Waals surface area (Å²) in [5, 5.41) is 1.04. The standard InChI is InChI=1S/C26H22FN3O3S/c1-4-33-25(32)22-15(2)28-26-30(23(22)16-9-11-18(27)12-10-16)24(31)21(34-26)13-17-14-29(3)20-8-6-5-7-19(17)20/h5-14,23H,4H2,1-3H3/b21-13+. The quantitative estimate of drug-likeness (QED) is 0.425. The summed E-state index contributed by atoms with van der Waals surface area (Å²) in [5.41, 5.74) is 3.08. The minimum atomic E-state index is -0.759. The van der Waals surface area contributed by atoms with Gasteiger partial charge in [0.2, 0.25) is 0 Å². The number of fused-ring (bicyclic) bond motifs is 2. The molecule has 8 heteroatoms. The average Bonchev–Trinajstić information content (AvgIpc) is 3.30. The molecule has 5 rings (SSSR count). The second-order valence-corrected chi connectivity index (χ2v) is 9.08. The molecule has 0 N–H and O–H groups in total. The molecule has 0 aliphatic carbocycles. The number of aryl methyl sites for hydroxylation is 1. The Morgan fingerprint density at radius 1 is 1.21 bits per heavy atom. The van der Waals surface area contributed by atoms with Crippen molar-refractivity contribution in [3.05, 3.63) is 103 Å². The number of halogens is 1. The number of carbonyl (C=O) groups excluding carboxylic acids is 1. The Bertz CT molecular complexity index is 1640. The molecule has 34 heavy (non-hydrogen) atoms. The van der Waals surface area contributed by atoms with E-state index in [0.29, 0.717) is 20.6 Å². The molecule has 0 fully saturated rings. The number of benzene rings is 2. The molecule has 1 atom stereocenters. The smallest absolute Gasteiger partial charge is 0.338 e. The Balaban J connectivity index is 1.75. The molecule has 6 nitrogen and oxygen atoms in total. The van der Waals surface area contributed by atoms with E-state index in [0.717, 1.165) is 16.5 Å². The second-order valence-electron chi connectivity index (χ2n) is 8.07. The summed E-state index contributed by atoms with van der Waals surface area (Å²) in [6.07, 6.45) is 3.84. The van der Waals surface area contributed by atoms with Crippen LogP contribution < -0.4 is 14.9 Å². The normalized spacial score (nSPS) is 16.0. The molecule has 1 unspecified atom stereocenters. The third-order valence-corrected chi connectivity index (χ3v) is 6.90. The zero-order valence-corrected chi connectivity index (χ0v) is 19.7. The van der Waals surface area contributed by atoms with Gasteiger partial charge in [-0.2, -0.15) is 0 Å². The minimum Gasteiger partial charge on any atom is -0.463 e. The van der Waals surface area contributed by atoms with Crippen molar-refractivity contribution in [3.8, 4) is 0 Å². The maximum atomic E-state index is 13.7. The first-order valence-electron chi connectivity index (χ1n) is 10.9. The number of thiazole rings is 1. The highest BCUT2D eigenvalue weighted by molar-refractivity contribution is 7.07. The molecule has 0 saturated heterocycles. The van der Waals surface area contributed by atoms with E-state index in [1.165, 1.54) is 28.0 Å². The molecule has 0 radical (unpaired) electrons. The predicted octanol–water partition coefficient (Wildman–Crippen LogP) is 3.43. The van der Waals surface area contributed by atoms with Crippen molar-refractivity contribution in [2.75, 3.05) is 6.61 Å². The van der Waals surface area contributed by atoms with Crippen LogP contribution in [0, 0.1) is 5.82 Å². The van der Waals surface area contributed by atoms with Crippen molar-refractivity contribution in [3.63, 3.8) is 0 Å². The summed E-state index contributed by atoms with van der Waals surface area (Å²) < 4.78 is 23.0. The van der Waals surface area contributed by atoms with Crippen LogP contribution in [0.3, 0.4) is 0 Å². The van der Waals surface area contributed by atoms with Crippen LogP contribution in [0.2, 0.25) is 0 Å². The fourth-order valence-electron chi connectivity index (χ4n) is 4.38. The number of aromatic nitrogens is 2. The van der Waals surface area contributed by atoms with Crippen LogP contribution in [0.5, 0.6) is 0 Å². The first-order chi connectivity index (χ1) is 16.4. The summed E-state index contributed by atoms with van der Waals surface area (Å²) in [5.74, 6) is -0.938. The molecule has 3 heterocycles. The van der Waals surface area contributed by atoms with Crippen molar-refractivity contribution in [1.82, 2.24) is 9.13 Å². The van der Waals surface area contributed by atoms with E-state index in [-0.39, 0.29) is 17.7 Å². The van der Waals surface area contributed by atoms with E-state index in [9.17, 15) is 14.0 Å². The van der Waals surface area contributed by atoms with Gasteiger partial charge in [0.15, 0.2) is 4.80 Å². The van der Waals surface area contributed by atoms with Crippen LogP contribution in [-0.2, 0) is 16.6 Å². The van der Waals surface area contributed by atoms with E-state index < -0.39 is 17.8 Å². The molecule has 1 aliphatic heterocycles. The number of hydrogen-bond acceptors (Lipinski definition) is 5. The molecular formula is C26H22FN3O3S. The van der Waals surface area contributed by atoms with Crippen molar-refractivity contribution < 1.29 is 13.9 Å². The van der Waals surface area contributed by atoms with E-state index in [1.807, 2.05) is 48.2 Å². The van der Waals surface area contributed by atoms with Crippen LogP contribution in [0.15, 0.2) is 75.8 Å². The van der Waals surface area contributed by atoms with Gasteiger partial charge in [-0.25, -0.2) is 14.2 Å². The summed E-state index contributed by atoms with van der Waals surface area (Å²) in [6.45, 7) is 3.64. The zero-order valence-electron chi connectivity index (χ0n) is 18.9. The molecule has 0 amide bonds. The van der Waals surface area contributed by atoms with E-state index in [1.54, 1.807) is 26.0 Å². The van der Waals surface area contributed by atoms with Gasteiger partial charge in [0.25, 0.3) is 5.56 Å². The largest absolute Gasteiger partial charge is 0.463 e. The number of carbonyl (C=O) groups is 1. The first-order valence-corrected chi connectivity index (χ1v) is 11.7. The van der Waals surface area contributed by atoms with Gasteiger partial charge in [-0.05, 0) is 43.7 Å². The van der Waals surface area contributed by atoms with Crippen LogP contribution in [0.4, 0.5) is 4.39 Å². The summed E-state index contributed by atoms with van der Waals surface area (Å²) >= 11 is 1.27. The molecule has 2 aromatic carbocycles. The minimum absolute atomic E-state index is 0.192. The Morgan fingerprint density at radius 2 is 1.94 bits per heavy atom. The number of hydrogen-bond donors (Lipinski definition) is 0. The Hall–Kier alpha value is -3.78. The lowest BCUT2D eigenvalue weighted by Gasteiger charge is -2.24. The third kappa shape index (κ3) is 3.60. The van der Waals surface area contributed by atoms with E-state index in [4.69, 9.17) is 4.74 Å². The molecule has 1 aliphatic rings. The van der Waals surface area contributed by atoms with Crippen molar-refractivity contribution >= 4 is 34.3 Å². The highest BCUT2D eigenvalue weighted by Gasteiger charge is 2.33. The number of nitrogens with zero attached hydrogens (tertiary/aromatic N) is 3. The van der Waals surface area contributed by atoms with E-state index in [2.05, 4.69) is 4.99 Å². The van der Waals surface area contributed by atoms with Crippen LogP contribution in [0.25, 0.3) is 17.0 Å². The van der Waals surface area contributed by atoms with Crippen LogP contribution in [0.1, 0.15) is 31.0 Å². The maximum Gasteiger partial charge on any atom is 0.338 e. The second kappa shape index (κ2) is 8.53. The van der Waals surface area contributed by atoms with Gasteiger partial charge >= 0.3 is 5.97 Å². The van der Waals surface area contributed by atoms with Crippen molar-refractivity contribution in [1.29, 1.82) is 0 Å². The van der Waals surface area contributed by atoms with Gasteiger partial charge in [0.05, 0.1) is 28.5 Å². The van der Waals surface area contributed by atoms with Crippen LogP contribution in [-0.4, -0.2) is 21.7 Å². The van der Waals surface area contributed by atoms with Gasteiger partial charge in [-0.1, -0.05) is 41.7 Å². The summed E-state index contributed by atoms with van der Waals surface area (Å²) in [7, 11) is 1.96. The molecule has 0 saturated carbocycles. The lowest BCUT2D eigenvalue weighted by molar-refractivity contribution is -0.139. The van der Waals surface area contributed by atoms with E-state index >= 15 is 0 Å². The Labute approximate surface area is 198 Å². The zero-order chi connectivity index (χ0) is 24.0. The Kier molecular flexibility index (Phi) is 5.53. The molecular weight excluding hydrogens is 453 g/mol. The third-order valence-electron chi connectivity index (χ3n) is 5.92. The van der Waals surface area contributed by atoms with Gasteiger partial charge in [0, 0.05) is 29.7 Å². The number of ether oxygens (including phenoxy) is 1. The molecule has 4 aromatic rings. The molecule has 2 aromatic heterocycles. The lowest BCUT2D eigenvalue weighted by atomic mass is 9.96. The maximum absolute atomic E-state index is 13.7. The topological polar surface area (TPSA) is 65.6 Å². The number of rotatable bonds is 4. The van der Waals surface area contributed by atoms with Gasteiger partial charge < -0.3 is 9.30 Å². The van der Waals surface area contributed by atoms with Crippen LogP contribution >= 0.6 is 11.3 Å². The molecule has 0 spiro atoms. The van der Waals surface area contributed by atoms with Gasteiger partial charge in [-0.15, -0.1) is 0 Å². The molecule has 172 valence electrons. The number of allylic oxidation sites excluding steroid dienone is 1. The molecule has 0 bridgehead atoms. The number of para-hydroxylation sites is 1. The summed E-state index contributed by atoms with van der Waals surface area (Å²) in [4.78, 5) is 31.6. The Morgan fingerprint density at radius 3 is 2.68 bits per heavy atom. The fourth-order valence-corrected chi connectivity index (χ4v) is 5.42. The average molecular weight is 476 g/mol.